The largest absolute Gasteiger partial charge is 0.462 e. The number of carbonyl (C=O) groups is 1. The molecule has 0 radical (unpaired) electrons. The van der Waals surface area contributed by atoms with E-state index in [1.165, 1.54) is 0 Å². The number of aromatic nitrogens is 2. The van der Waals surface area contributed by atoms with Gasteiger partial charge in [0.2, 0.25) is 5.95 Å². The lowest BCUT2D eigenvalue weighted by Gasteiger charge is -2.31. The zero-order valence-corrected chi connectivity index (χ0v) is 22.2. The second kappa shape index (κ2) is 13.2. The number of hydrogen-bond donors (Lipinski definition) is 1. The van der Waals surface area contributed by atoms with Crippen LogP contribution in [0.15, 0.2) is 52.0 Å². The van der Waals surface area contributed by atoms with E-state index in [1.54, 1.807) is 18.3 Å². The zero-order valence-electron chi connectivity index (χ0n) is 22.2. The maximum absolute atomic E-state index is 12.1. The molecule has 0 spiro atoms. The first-order chi connectivity index (χ1) is 19.2. The predicted octanol–water partition coefficient (Wildman–Crippen LogP) is 3.81. The lowest BCUT2D eigenvalue weighted by atomic mass is 10.1. The van der Waals surface area contributed by atoms with Crippen molar-refractivity contribution in [3.8, 4) is 11.3 Å². The molecule has 3 aromatic rings. The van der Waals surface area contributed by atoms with E-state index in [4.69, 9.17) is 23.6 Å². The molecule has 11 nitrogen and oxygen atoms in total. The van der Waals surface area contributed by atoms with Gasteiger partial charge in [-0.15, -0.1) is 0 Å². The molecule has 2 fully saturated rings. The molecule has 1 N–H and O–H groups in total. The van der Waals surface area contributed by atoms with E-state index in [1.807, 2.05) is 30.3 Å². The second-order valence-corrected chi connectivity index (χ2v) is 9.25. The van der Waals surface area contributed by atoms with Crippen molar-refractivity contribution in [2.24, 2.45) is 5.10 Å². The number of unbranched alkanes of at least 4 members (excludes halogenated alkanes) is 1. The molecule has 2 aliphatic heterocycles. The Morgan fingerprint density at radius 3 is 2.44 bits per heavy atom. The molecule has 0 amide bonds. The van der Waals surface area contributed by atoms with Crippen LogP contribution in [0.5, 0.6) is 0 Å². The van der Waals surface area contributed by atoms with Crippen LogP contribution in [0, 0.1) is 0 Å². The van der Waals surface area contributed by atoms with E-state index >= 15 is 0 Å². The van der Waals surface area contributed by atoms with E-state index < -0.39 is 0 Å². The van der Waals surface area contributed by atoms with E-state index in [2.05, 4.69) is 32.2 Å². The number of ether oxygens (including phenoxy) is 3. The van der Waals surface area contributed by atoms with Gasteiger partial charge in [0.15, 0.2) is 5.82 Å². The van der Waals surface area contributed by atoms with Crippen molar-refractivity contribution in [1.82, 2.24) is 9.97 Å². The van der Waals surface area contributed by atoms with Crippen molar-refractivity contribution in [3.63, 3.8) is 0 Å². The summed E-state index contributed by atoms with van der Waals surface area (Å²) in [5.41, 5.74) is 4.41. The minimum atomic E-state index is -0.313. The number of benzene rings is 1. The molecule has 0 unspecified atom stereocenters. The molecular formula is C28H34N6O5. The molecular weight excluding hydrogens is 500 g/mol. The van der Waals surface area contributed by atoms with E-state index in [0.717, 1.165) is 50.4 Å². The van der Waals surface area contributed by atoms with E-state index in [9.17, 15) is 4.79 Å². The Morgan fingerprint density at radius 2 is 1.72 bits per heavy atom. The first-order valence-electron chi connectivity index (χ1n) is 13.4. The Balaban J connectivity index is 1.24. The summed E-state index contributed by atoms with van der Waals surface area (Å²) >= 11 is 0. The lowest BCUT2D eigenvalue weighted by molar-refractivity contribution is 0.0499. The monoisotopic (exact) mass is 534 g/mol. The Hall–Kier alpha value is -3.96. The number of anilines is 3. The van der Waals surface area contributed by atoms with Crippen molar-refractivity contribution in [3.05, 3.63) is 53.8 Å². The van der Waals surface area contributed by atoms with Crippen molar-refractivity contribution < 1.29 is 23.4 Å². The molecule has 11 heteroatoms. The molecule has 0 aliphatic carbocycles. The summed E-state index contributed by atoms with van der Waals surface area (Å²) in [4.78, 5) is 25.9. The van der Waals surface area contributed by atoms with Crippen LogP contribution in [-0.2, 0) is 14.2 Å². The highest BCUT2D eigenvalue weighted by molar-refractivity contribution is 5.90. The summed E-state index contributed by atoms with van der Waals surface area (Å²) < 4.78 is 22.2. The smallest absolute Gasteiger partial charge is 0.338 e. The summed E-state index contributed by atoms with van der Waals surface area (Å²) in [7, 11) is 0. The summed E-state index contributed by atoms with van der Waals surface area (Å²) in [6, 6.07) is 12.8. The topological polar surface area (TPSA) is 115 Å². The number of hydrazone groups is 1. The Bertz CT molecular complexity index is 1210. The highest BCUT2D eigenvalue weighted by Crippen LogP contribution is 2.24. The lowest BCUT2D eigenvalue weighted by Crippen LogP contribution is -2.39. The van der Waals surface area contributed by atoms with Crippen LogP contribution in [-0.4, -0.2) is 81.4 Å². The van der Waals surface area contributed by atoms with Gasteiger partial charge >= 0.3 is 5.97 Å². The summed E-state index contributed by atoms with van der Waals surface area (Å²) in [6.07, 6.45) is 3.44. The molecule has 4 heterocycles. The van der Waals surface area contributed by atoms with Gasteiger partial charge in [-0.25, -0.2) is 4.79 Å². The molecule has 2 aliphatic rings. The van der Waals surface area contributed by atoms with Crippen LogP contribution in [0.4, 0.5) is 17.6 Å². The minimum Gasteiger partial charge on any atom is -0.462 e. The van der Waals surface area contributed by atoms with Gasteiger partial charge in [0, 0.05) is 37.8 Å². The molecule has 39 heavy (non-hydrogen) atoms. The van der Waals surface area contributed by atoms with Crippen molar-refractivity contribution in [1.29, 1.82) is 0 Å². The average molecular weight is 535 g/mol. The number of rotatable bonds is 10. The molecule has 1 aromatic carbocycles. The highest BCUT2D eigenvalue weighted by atomic mass is 16.5. The molecule has 2 aromatic heterocycles. The third-order valence-corrected chi connectivity index (χ3v) is 6.46. The van der Waals surface area contributed by atoms with Gasteiger partial charge in [0.1, 0.15) is 17.3 Å². The third-order valence-electron chi connectivity index (χ3n) is 6.46. The van der Waals surface area contributed by atoms with Gasteiger partial charge in [-0.1, -0.05) is 25.5 Å². The van der Waals surface area contributed by atoms with Crippen molar-refractivity contribution in [2.45, 2.75) is 19.8 Å². The SMILES string of the molecule is CCCCOC(=O)c1ccc(-c2ccc(/C=N\Nc3cc(N4CCOCC4)nc(N4CCOCC4)n3)o2)cc1. The minimum absolute atomic E-state index is 0.313. The average Bonchev–Trinajstić information content (AvgIpc) is 3.47. The third kappa shape index (κ3) is 7.12. The van der Waals surface area contributed by atoms with Gasteiger partial charge in [-0.2, -0.15) is 15.1 Å². The maximum Gasteiger partial charge on any atom is 0.338 e. The molecule has 5 rings (SSSR count). The van der Waals surface area contributed by atoms with Gasteiger partial charge in [0.25, 0.3) is 0 Å². The Labute approximate surface area is 227 Å². The van der Waals surface area contributed by atoms with Crippen LogP contribution < -0.4 is 15.2 Å². The van der Waals surface area contributed by atoms with E-state index in [-0.39, 0.29) is 5.97 Å². The number of nitrogens with zero attached hydrogens (tertiary/aromatic N) is 5. The fourth-order valence-corrected chi connectivity index (χ4v) is 4.24. The predicted molar refractivity (Wildman–Crippen MR) is 149 cm³/mol. The van der Waals surface area contributed by atoms with Gasteiger partial charge in [0.05, 0.1) is 44.8 Å². The second-order valence-electron chi connectivity index (χ2n) is 9.25. The number of esters is 1. The first kappa shape index (κ1) is 26.6. The molecule has 2 saturated heterocycles. The van der Waals surface area contributed by atoms with Crippen LogP contribution in [0.3, 0.4) is 0 Å². The first-order valence-corrected chi connectivity index (χ1v) is 13.4. The summed E-state index contributed by atoms with van der Waals surface area (Å²) in [5.74, 6) is 3.03. The van der Waals surface area contributed by atoms with Gasteiger partial charge < -0.3 is 28.4 Å². The fraction of sp³-hybridized carbons (Fsp3) is 0.429. The number of nitrogens with one attached hydrogen (secondary N) is 1. The van der Waals surface area contributed by atoms with Crippen molar-refractivity contribution in [2.75, 3.05) is 74.4 Å². The number of morpholine rings is 2. The van der Waals surface area contributed by atoms with Gasteiger partial charge in [-0.05, 0) is 30.7 Å². The molecule has 0 atom stereocenters. The van der Waals surface area contributed by atoms with E-state index in [0.29, 0.717) is 61.9 Å². The molecule has 0 saturated carbocycles. The Kier molecular flexibility index (Phi) is 9.02. The van der Waals surface area contributed by atoms with Crippen LogP contribution in [0.1, 0.15) is 35.9 Å². The maximum atomic E-state index is 12.1. The van der Waals surface area contributed by atoms with Crippen LogP contribution in [0.25, 0.3) is 11.3 Å². The fourth-order valence-electron chi connectivity index (χ4n) is 4.24. The summed E-state index contributed by atoms with van der Waals surface area (Å²) in [6.45, 7) is 8.17. The highest BCUT2D eigenvalue weighted by Gasteiger charge is 2.19. The number of furan rings is 1. The number of hydrogen-bond acceptors (Lipinski definition) is 11. The zero-order chi connectivity index (χ0) is 26.9. The quantitative estimate of drug-likeness (QED) is 0.178. The molecule has 0 bridgehead atoms. The Morgan fingerprint density at radius 1 is 1.00 bits per heavy atom. The summed E-state index contributed by atoms with van der Waals surface area (Å²) in [5, 5.41) is 4.36. The van der Waals surface area contributed by atoms with Crippen molar-refractivity contribution >= 4 is 29.8 Å². The normalized spacial score (nSPS) is 16.0. The molecule has 206 valence electrons. The number of carbonyl (C=O) groups excluding carboxylic acids is 1. The van der Waals surface area contributed by atoms with Crippen LogP contribution in [0.2, 0.25) is 0 Å². The van der Waals surface area contributed by atoms with Crippen LogP contribution >= 0.6 is 0 Å². The van der Waals surface area contributed by atoms with Gasteiger partial charge in [-0.3, -0.25) is 5.43 Å². The standard InChI is InChI=1S/C28H34N6O5/c1-2-3-14-38-27(35)22-6-4-21(5-7-22)24-9-8-23(39-24)20-29-32-25-19-26(33-10-15-36-16-11-33)31-28(30-25)34-12-17-37-18-13-34/h4-9,19-20H,2-3,10-18H2,1H3,(H,30,31,32)/b29-20-.